The number of carbonyl (C=O) groups is 1. The zero-order valence-corrected chi connectivity index (χ0v) is 19.0. The summed E-state index contributed by atoms with van der Waals surface area (Å²) in [5.74, 6) is 0.213. The van der Waals surface area contributed by atoms with Crippen molar-refractivity contribution < 1.29 is 9.53 Å². The third-order valence-electron chi connectivity index (χ3n) is 5.35. The Balaban J connectivity index is 2.34. The number of hydrogen-bond donors (Lipinski definition) is 2. The number of nitrogens with two attached hydrogens (primary N) is 1. The summed E-state index contributed by atoms with van der Waals surface area (Å²) in [6.07, 6.45) is 4.16. The number of rotatable bonds is 11. The molecule has 8 heteroatoms. The van der Waals surface area contributed by atoms with E-state index in [-0.39, 0.29) is 24.0 Å². The van der Waals surface area contributed by atoms with E-state index in [1.54, 1.807) is 0 Å². The average molecular weight is 431 g/mol. The predicted octanol–water partition coefficient (Wildman–Crippen LogP) is 3.14. The second kappa shape index (κ2) is 11.4. The second-order valence-electron chi connectivity index (χ2n) is 7.79. The first-order chi connectivity index (χ1) is 14.8. The molecule has 0 unspecified atom stereocenters. The summed E-state index contributed by atoms with van der Waals surface area (Å²) in [6.45, 7) is 8.49. The summed E-state index contributed by atoms with van der Waals surface area (Å²) < 4.78 is 7.02. The van der Waals surface area contributed by atoms with E-state index in [0.29, 0.717) is 25.3 Å². The first kappa shape index (κ1) is 24.2. The quantitative estimate of drug-likeness (QED) is 0.532. The highest BCUT2D eigenvalue weighted by molar-refractivity contribution is 5.96. The summed E-state index contributed by atoms with van der Waals surface area (Å²) in [5, 5.41) is 0. The van der Waals surface area contributed by atoms with Crippen molar-refractivity contribution in [1.82, 2.24) is 9.55 Å². The zero-order valence-electron chi connectivity index (χ0n) is 19.0. The molecule has 0 saturated heterocycles. The average Bonchev–Trinajstić information content (AvgIpc) is 2.73. The predicted molar refractivity (Wildman–Crippen MR) is 124 cm³/mol. The lowest BCUT2D eigenvalue weighted by molar-refractivity contribution is -0.120. The van der Waals surface area contributed by atoms with Crippen molar-refractivity contribution in [2.45, 2.75) is 66.3 Å². The van der Waals surface area contributed by atoms with Crippen molar-refractivity contribution >= 4 is 17.4 Å². The molecule has 2 aromatic rings. The normalized spacial score (nSPS) is 10.8. The Hall–Kier alpha value is -3.03. The molecule has 1 amide bonds. The van der Waals surface area contributed by atoms with Gasteiger partial charge in [0.2, 0.25) is 0 Å². The lowest BCUT2D eigenvalue weighted by Gasteiger charge is -2.24. The number of aromatic nitrogens is 2. The van der Waals surface area contributed by atoms with Crippen LogP contribution in [0.4, 0.5) is 11.5 Å². The van der Waals surface area contributed by atoms with Crippen LogP contribution >= 0.6 is 0 Å². The van der Waals surface area contributed by atoms with Crippen LogP contribution < -0.4 is 26.6 Å². The molecule has 170 valence electrons. The molecule has 0 atom stereocenters. The molecular formula is C23H34N4O4. The molecule has 1 heterocycles. The molecule has 0 saturated carbocycles. The van der Waals surface area contributed by atoms with Crippen LogP contribution in [-0.4, -0.2) is 28.6 Å². The van der Waals surface area contributed by atoms with E-state index in [1.807, 2.05) is 39.0 Å². The Morgan fingerprint density at radius 3 is 2.45 bits per heavy atom. The van der Waals surface area contributed by atoms with Gasteiger partial charge in [0.15, 0.2) is 12.3 Å². The maximum atomic E-state index is 13.1. The Labute approximate surface area is 183 Å². The van der Waals surface area contributed by atoms with Gasteiger partial charge in [-0.25, -0.2) is 4.79 Å². The van der Waals surface area contributed by atoms with E-state index in [0.717, 1.165) is 36.8 Å². The Kier molecular flexibility index (Phi) is 8.90. The molecule has 0 aliphatic carbocycles. The Bertz CT molecular complexity index is 1010. The number of unbranched alkanes of at least 4 members (excludes halogenated alkanes) is 3. The molecular weight excluding hydrogens is 396 g/mol. The van der Waals surface area contributed by atoms with Gasteiger partial charge in [0.1, 0.15) is 11.6 Å². The number of ether oxygens (including phenoxy) is 1. The first-order valence-corrected chi connectivity index (χ1v) is 10.9. The van der Waals surface area contributed by atoms with Gasteiger partial charge in [-0.05, 0) is 49.9 Å². The summed E-state index contributed by atoms with van der Waals surface area (Å²) in [6, 6.07) is 5.61. The first-order valence-electron chi connectivity index (χ1n) is 10.9. The molecule has 8 nitrogen and oxygen atoms in total. The molecule has 2 rings (SSSR count). The fraction of sp³-hybridized carbons (Fsp3) is 0.522. The topological polar surface area (TPSA) is 110 Å². The molecule has 1 aromatic carbocycles. The number of hydrogen-bond acceptors (Lipinski definition) is 5. The van der Waals surface area contributed by atoms with Crippen LogP contribution in [0.1, 0.15) is 57.1 Å². The van der Waals surface area contributed by atoms with E-state index in [4.69, 9.17) is 10.5 Å². The van der Waals surface area contributed by atoms with Crippen LogP contribution in [0, 0.1) is 13.8 Å². The van der Waals surface area contributed by atoms with E-state index < -0.39 is 11.2 Å². The third kappa shape index (κ3) is 6.23. The van der Waals surface area contributed by atoms with Gasteiger partial charge in [-0.1, -0.05) is 39.2 Å². The number of nitrogens with zero attached hydrogens (tertiary/aromatic N) is 2. The van der Waals surface area contributed by atoms with Gasteiger partial charge >= 0.3 is 5.69 Å². The van der Waals surface area contributed by atoms with Crippen molar-refractivity contribution in [1.29, 1.82) is 0 Å². The van der Waals surface area contributed by atoms with E-state index in [2.05, 4.69) is 11.9 Å². The lowest BCUT2D eigenvalue weighted by Crippen LogP contribution is -2.43. The smallest absolute Gasteiger partial charge is 0.330 e. The highest BCUT2D eigenvalue weighted by atomic mass is 16.5. The molecule has 0 radical (unpaired) electrons. The van der Waals surface area contributed by atoms with Crippen LogP contribution in [0.2, 0.25) is 0 Å². The second-order valence-corrected chi connectivity index (χ2v) is 7.79. The van der Waals surface area contributed by atoms with Crippen LogP contribution in [0.5, 0.6) is 5.75 Å². The number of aryl methyl sites for hydroxylation is 2. The van der Waals surface area contributed by atoms with Crippen molar-refractivity contribution in [3.05, 3.63) is 50.2 Å². The summed E-state index contributed by atoms with van der Waals surface area (Å²) >= 11 is 0. The van der Waals surface area contributed by atoms with Crippen molar-refractivity contribution in [2.75, 3.05) is 23.8 Å². The summed E-state index contributed by atoms with van der Waals surface area (Å²) in [4.78, 5) is 41.6. The minimum atomic E-state index is -0.661. The van der Waals surface area contributed by atoms with Crippen molar-refractivity contribution in [2.24, 2.45) is 0 Å². The molecule has 0 fully saturated rings. The van der Waals surface area contributed by atoms with Gasteiger partial charge in [0.05, 0.1) is 0 Å². The molecule has 0 aliphatic rings. The van der Waals surface area contributed by atoms with Gasteiger partial charge in [-0.2, -0.15) is 0 Å². The van der Waals surface area contributed by atoms with Crippen molar-refractivity contribution in [3.8, 4) is 5.75 Å². The number of benzene rings is 1. The standard InChI is InChI=1S/C23H34N4O4/c1-5-7-9-13-26(19(28)15-31-18-11-10-16(3)17(4)14-18)20-21(24)27(12-8-6-2)23(30)25-22(20)29/h10-11,14H,5-9,12-13,15,24H2,1-4H3,(H,25,29,30). The van der Waals surface area contributed by atoms with Gasteiger partial charge in [-0.15, -0.1) is 0 Å². The van der Waals surface area contributed by atoms with E-state index in [1.165, 1.54) is 9.47 Å². The number of carbonyl (C=O) groups excluding carboxylic acids is 1. The minimum Gasteiger partial charge on any atom is -0.484 e. The number of aromatic amines is 1. The van der Waals surface area contributed by atoms with Crippen molar-refractivity contribution in [3.63, 3.8) is 0 Å². The molecule has 3 N–H and O–H groups in total. The fourth-order valence-electron chi connectivity index (χ4n) is 3.28. The number of anilines is 2. The van der Waals surface area contributed by atoms with Gasteiger partial charge in [0.25, 0.3) is 11.5 Å². The van der Waals surface area contributed by atoms with Crippen LogP contribution in [0.25, 0.3) is 0 Å². The zero-order chi connectivity index (χ0) is 23.0. The molecule has 0 bridgehead atoms. The van der Waals surface area contributed by atoms with Crippen LogP contribution in [0.3, 0.4) is 0 Å². The summed E-state index contributed by atoms with van der Waals surface area (Å²) in [5.41, 5.74) is 7.21. The number of H-pyrrole nitrogens is 1. The maximum absolute atomic E-state index is 13.1. The van der Waals surface area contributed by atoms with Gasteiger partial charge in [0, 0.05) is 13.1 Å². The van der Waals surface area contributed by atoms with Crippen LogP contribution in [-0.2, 0) is 11.3 Å². The van der Waals surface area contributed by atoms with Gasteiger partial charge in [-0.3, -0.25) is 19.1 Å². The van der Waals surface area contributed by atoms with E-state index in [9.17, 15) is 14.4 Å². The maximum Gasteiger partial charge on any atom is 0.330 e. The van der Waals surface area contributed by atoms with E-state index >= 15 is 0 Å². The highest BCUT2D eigenvalue weighted by Gasteiger charge is 2.24. The van der Waals surface area contributed by atoms with Gasteiger partial charge < -0.3 is 15.4 Å². The SMILES string of the molecule is CCCCCN(C(=O)COc1ccc(C)c(C)c1)c1c(N)n(CCCC)c(=O)[nH]c1=O. The number of nitrogens with one attached hydrogen (secondary N) is 1. The van der Waals surface area contributed by atoms with Crippen LogP contribution in [0.15, 0.2) is 27.8 Å². The fourth-order valence-corrected chi connectivity index (χ4v) is 3.28. The molecule has 0 aliphatic heterocycles. The largest absolute Gasteiger partial charge is 0.484 e. The molecule has 0 spiro atoms. The number of amides is 1. The number of nitrogen functional groups attached to an aromatic ring is 1. The highest BCUT2D eigenvalue weighted by Crippen LogP contribution is 2.20. The molecule has 1 aromatic heterocycles. The minimum absolute atomic E-state index is 0.0122. The lowest BCUT2D eigenvalue weighted by atomic mass is 10.1. The Morgan fingerprint density at radius 1 is 1.10 bits per heavy atom. The molecule has 31 heavy (non-hydrogen) atoms. The summed E-state index contributed by atoms with van der Waals surface area (Å²) in [7, 11) is 0. The monoisotopic (exact) mass is 430 g/mol. The third-order valence-corrected chi connectivity index (χ3v) is 5.35. The Morgan fingerprint density at radius 2 is 1.81 bits per heavy atom.